The van der Waals surface area contributed by atoms with Crippen molar-refractivity contribution in [1.29, 1.82) is 0 Å². The molecule has 0 aliphatic carbocycles. The number of nitrogens with one attached hydrogen (secondary N) is 1. The minimum Gasteiger partial charge on any atom is -0.324 e. The summed E-state index contributed by atoms with van der Waals surface area (Å²) in [6.45, 7) is 5.80. The number of aryl methyl sites for hydroxylation is 3. The second kappa shape index (κ2) is 9.83. The van der Waals surface area contributed by atoms with Gasteiger partial charge in [0.15, 0.2) is 5.78 Å². The minimum absolute atomic E-state index is 0.0177. The van der Waals surface area contributed by atoms with Crippen LogP contribution in [0.2, 0.25) is 0 Å². The number of rotatable bonds is 7. The topological polar surface area (TPSA) is 81.1 Å². The van der Waals surface area contributed by atoms with E-state index in [2.05, 4.69) is 10.3 Å². The van der Waals surface area contributed by atoms with Crippen LogP contribution < -0.4 is 10.7 Å². The fourth-order valence-electron chi connectivity index (χ4n) is 3.98. The zero-order valence-corrected chi connectivity index (χ0v) is 19.6. The minimum atomic E-state index is -0.389. The summed E-state index contributed by atoms with van der Waals surface area (Å²) in [6.07, 6.45) is 3.10. The van der Waals surface area contributed by atoms with Gasteiger partial charge in [-0.2, -0.15) is 0 Å². The van der Waals surface area contributed by atoms with Crippen molar-refractivity contribution in [3.8, 4) is 0 Å². The van der Waals surface area contributed by atoms with Crippen molar-refractivity contribution in [2.24, 2.45) is 0 Å². The summed E-state index contributed by atoms with van der Waals surface area (Å²) in [5.41, 5.74) is 4.04. The van der Waals surface area contributed by atoms with Crippen LogP contribution in [0.3, 0.4) is 0 Å². The molecule has 0 saturated carbocycles. The molecule has 0 saturated heterocycles. The molecule has 4 aromatic rings. The first kappa shape index (κ1) is 23.1. The molecule has 0 aliphatic rings. The normalized spacial score (nSPS) is 10.9. The average molecular weight is 454 g/mol. The first-order valence-corrected chi connectivity index (χ1v) is 11.4. The van der Waals surface area contributed by atoms with Crippen molar-refractivity contribution in [1.82, 2.24) is 9.55 Å². The number of carbonyl (C=O) groups excluding carboxylic acids is 2. The Bertz CT molecular complexity index is 1440. The molecule has 0 spiro atoms. The van der Waals surface area contributed by atoms with E-state index in [9.17, 15) is 14.4 Å². The van der Waals surface area contributed by atoms with Crippen molar-refractivity contribution in [3.63, 3.8) is 0 Å². The lowest BCUT2D eigenvalue weighted by molar-refractivity contribution is -0.116. The molecule has 6 heteroatoms. The fourth-order valence-corrected chi connectivity index (χ4v) is 3.98. The van der Waals surface area contributed by atoms with E-state index < -0.39 is 0 Å². The summed E-state index contributed by atoms with van der Waals surface area (Å²) in [5, 5.41) is 3.25. The van der Waals surface area contributed by atoms with Crippen LogP contribution >= 0.6 is 0 Å². The smallest absolute Gasteiger partial charge is 0.244 e. The highest BCUT2D eigenvalue weighted by Gasteiger charge is 2.19. The van der Waals surface area contributed by atoms with Gasteiger partial charge in [0.25, 0.3) is 0 Å². The lowest BCUT2D eigenvalue weighted by atomic mass is 10.0. The summed E-state index contributed by atoms with van der Waals surface area (Å²) in [6, 6.07) is 18.3. The highest BCUT2D eigenvalue weighted by atomic mass is 16.2. The summed E-state index contributed by atoms with van der Waals surface area (Å²) < 4.78 is 1.58. The van der Waals surface area contributed by atoms with Crippen molar-refractivity contribution in [3.05, 3.63) is 105 Å². The third kappa shape index (κ3) is 4.66. The largest absolute Gasteiger partial charge is 0.324 e. The number of benzene rings is 2. The number of hydrogen-bond acceptors (Lipinski definition) is 4. The van der Waals surface area contributed by atoms with Gasteiger partial charge in [0, 0.05) is 23.1 Å². The zero-order chi connectivity index (χ0) is 24.2. The van der Waals surface area contributed by atoms with Crippen molar-refractivity contribution in [2.75, 3.05) is 5.32 Å². The van der Waals surface area contributed by atoms with E-state index in [4.69, 9.17) is 0 Å². The highest BCUT2D eigenvalue weighted by Crippen LogP contribution is 2.17. The molecule has 0 unspecified atom stereocenters. The molecule has 4 rings (SSSR count). The number of amides is 1. The van der Waals surface area contributed by atoms with Gasteiger partial charge in [-0.15, -0.1) is 0 Å². The third-order valence-corrected chi connectivity index (χ3v) is 5.92. The second-order valence-corrected chi connectivity index (χ2v) is 8.26. The Hall–Kier alpha value is -4.06. The number of carbonyl (C=O) groups is 2. The van der Waals surface area contributed by atoms with Gasteiger partial charge in [0.05, 0.1) is 10.9 Å². The maximum atomic E-state index is 13.3. The lowest BCUT2D eigenvalue weighted by Gasteiger charge is -2.14. The molecule has 0 atom stereocenters. The van der Waals surface area contributed by atoms with Gasteiger partial charge < -0.3 is 9.88 Å². The Kier molecular flexibility index (Phi) is 6.68. The van der Waals surface area contributed by atoms with Crippen LogP contribution in [-0.4, -0.2) is 21.2 Å². The first-order chi connectivity index (χ1) is 16.4. The van der Waals surface area contributed by atoms with Crippen LogP contribution in [0.1, 0.15) is 46.6 Å². The van der Waals surface area contributed by atoms with Gasteiger partial charge in [-0.25, -0.2) is 4.98 Å². The van der Waals surface area contributed by atoms with Crippen molar-refractivity contribution in [2.45, 2.75) is 40.2 Å². The van der Waals surface area contributed by atoms with E-state index in [0.29, 0.717) is 22.3 Å². The van der Waals surface area contributed by atoms with Crippen LogP contribution in [0, 0.1) is 6.92 Å². The maximum absolute atomic E-state index is 13.3. The Balaban J connectivity index is 1.75. The predicted octanol–water partition coefficient (Wildman–Crippen LogP) is 4.70. The predicted molar refractivity (Wildman–Crippen MR) is 134 cm³/mol. The van der Waals surface area contributed by atoms with Gasteiger partial charge in [0.2, 0.25) is 11.3 Å². The highest BCUT2D eigenvalue weighted by molar-refractivity contribution is 6.10. The number of ketones is 1. The Morgan fingerprint density at radius 2 is 1.68 bits per heavy atom. The van der Waals surface area contributed by atoms with Crippen LogP contribution in [-0.2, 0) is 24.2 Å². The number of fused-ring (bicyclic) bond motifs is 1. The van der Waals surface area contributed by atoms with Crippen LogP contribution in [0.4, 0.5) is 5.69 Å². The van der Waals surface area contributed by atoms with E-state index in [1.165, 1.54) is 6.20 Å². The van der Waals surface area contributed by atoms with Crippen molar-refractivity contribution < 1.29 is 9.59 Å². The monoisotopic (exact) mass is 453 g/mol. The summed E-state index contributed by atoms with van der Waals surface area (Å²) in [7, 11) is 0. The maximum Gasteiger partial charge on any atom is 0.244 e. The van der Waals surface area contributed by atoms with Gasteiger partial charge >= 0.3 is 0 Å². The Morgan fingerprint density at radius 1 is 0.941 bits per heavy atom. The summed E-state index contributed by atoms with van der Waals surface area (Å²) in [5.74, 6) is -0.638. The van der Waals surface area contributed by atoms with E-state index >= 15 is 0 Å². The SMILES string of the molecule is CCc1ccc(C(=O)c2cn(CC(=O)Nc3ccccc3CC)c3nc(C)ccc3c2=O)cc1. The molecule has 2 heterocycles. The third-order valence-electron chi connectivity index (χ3n) is 5.92. The van der Waals surface area contributed by atoms with E-state index in [1.54, 1.807) is 28.8 Å². The van der Waals surface area contributed by atoms with Gasteiger partial charge in [-0.3, -0.25) is 14.4 Å². The van der Waals surface area contributed by atoms with Crippen LogP contribution in [0.25, 0.3) is 11.0 Å². The van der Waals surface area contributed by atoms with Crippen LogP contribution in [0.5, 0.6) is 0 Å². The molecule has 0 radical (unpaired) electrons. The van der Waals surface area contributed by atoms with E-state index in [0.717, 1.165) is 29.7 Å². The molecule has 0 aliphatic heterocycles. The summed E-state index contributed by atoms with van der Waals surface area (Å²) >= 11 is 0. The van der Waals surface area contributed by atoms with Crippen molar-refractivity contribution >= 4 is 28.4 Å². The number of pyridine rings is 2. The number of anilines is 1. The molecule has 0 fully saturated rings. The van der Waals surface area contributed by atoms with Gasteiger partial charge in [0.1, 0.15) is 12.2 Å². The number of nitrogens with zero attached hydrogens (tertiary/aromatic N) is 2. The number of para-hydroxylation sites is 1. The quantitative estimate of drug-likeness (QED) is 0.411. The fraction of sp³-hybridized carbons (Fsp3) is 0.214. The molecule has 34 heavy (non-hydrogen) atoms. The van der Waals surface area contributed by atoms with E-state index in [-0.39, 0.29) is 29.2 Å². The molecular weight excluding hydrogens is 426 g/mol. The molecule has 1 amide bonds. The zero-order valence-electron chi connectivity index (χ0n) is 19.6. The van der Waals surface area contributed by atoms with E-state index in [1.807, 2.05) is 57.2 Å². The second-order valence-electron chi connectivity index (χ2n) is 8.26. The summed E-state index contributed by atoms with van der Waals surface area (Å²) in [4.78, 5) is 43.9. The molecule has 0 bridgehead atoms. The standard InChI is InChI=1S/C28H27N3O3/c1-4-19-11-13-21(14-12-19)26(33)23-16-31(28-22(27(23)34)15-10-18(3)29-28)17-25(32)30-24-9-7-6-8-20(24)5-2/h6-16H,4-5,17H2,1-3H3,(H,30,32). The first-order valence-electron chi connectivity index (χ1n) is 11.4. The molecule has 2 aromatic heterocycles. The molecule has 172 valence electrons. The molecule has 2 aromatic carbocycles. The molecule has 6 nitrogen and oxygen atoms in total. The van der Waals surface area contributed by atoms with Gasteiger partial charge in [-0.05, 0) is 49.1 Å². The Morgan fingerprint density at radius 3 is 2.38 bits per heavy atom. The number of hydrogen-bond donors (Lipinski definition) is 1. The molecular formula is C28H27N3O3. The Labute approximate surface area is 198 Å². The number of aromatic nitrogens is 2. The van der Waals surface area contributed by atoms with Crippen LogP contribution in [0.15, 0.2) is 71.7 Å². The lowest BCUT2D eigenvalue weighted by Crippen LogP contribution is -2.25. The van der Waals surface area contributed by atoms with Gasteiger partial charge in [-0.1, -0.05) is 56.3 Å². The molecule has 1 N–H and O–H groups in total. The average Bonchev–Trinajstić information content (AvgIpc) is 2.85.